The molecule has 24 heavy (non-hydrogen) atoms. The lowest BCUT2D eigenvalue weighted by Gasteiger charge is -2.02. The Balaban J connectivity index is 0.00000169. The van der Waals surface area contributed by atoms with Crippen LogP contribution in [0.5, 0.6) is 0 Å². The molecule has 0 atom stereocenters. The molecule has 0 saturated heterocycles. The van der Waals surface area contributed by atoms with Gasteiger partial charge < -0.3 is 4.57 Å². The maximum absolute atomic E-state index is 5.92. The van der Waals surface area contributed by atoms with Gasteiger partial charge in [0.2, 0.25) is 5.28 Å². The number of hydrogen-bond donors (Lipinski definition) is 0. The Morgan fingerprint density at radius 1 is 1.04 bits per heavy atom. The summed E-state index contributed by atoms with van der Waals surface area (Å²) in [5.41, 5.74) is 5.24. The lowest BCUT2D eigenvalue weighted by Crippen LogP contribution is -1.85. The molecule has 0 saturated carbocycles. The van der Waals surface area contributed by atoms with Gasteiger partial charge in [0.1, 0.15) is 0 Å². The van der Waals surface area contributed by atoms with Gasteiger partial charge in [-0.1, -0.05) is 19.6 Å². The Hall–Kier alpha value is -2.66. The zero-order valence-electron chi connectivity index (χ0n) is 12.7. The van der Waals surface area contributed by atoms with Crippen LogP contribution in [0.1, 0.15) is 7.43 Å². The maximum atomic E-state index is 5.92. The molecule has 0 amide bonds. The molecule has 0 spiro atoms. The van der Waals surface area contributed by atoms with Crippen molar-refractivity contribution in [1.29, 1.82) is 0 Å². The van der Waals surface area contributed by atoms with Crippen molar-refractivity contribution in [3.63, 3.8) is 0 Å². The van der Waals surface area contributed by atoms with E-state index >= 15 is 0 Å². The van der Waals surface area contributed by atoms with E-state index in [1.807, 2.05) is 32.6 Å². The van der Waals surface area contributed by atoms with Crippen LogP contribution in [0.25, 0.3) is 33.3 Å². The molecule has 122 valence electrons. The smallest absolute Gasteiger partial charge is 0.222 e. The number of rotatable bonds is 2. The lowest BCUT2D eigenvalue weighted by molar-refractivity contribution is 0.768. The van der Waals surface area contributed by atoms with Crippen molar-refractivity contribution in [2.45, 2.75) is 7.43 Å². The summed E-state index contributed by atoms with van der Waals surface area (Å²) >= 11 is 5.92. The molecule has 4 aromatic rings. The summed E-state index contributed by atoms with van der Waals surface area (Å²) in [6.07, 6.45) is 7.62. The van der Waals surface area contributed by atoms with Crippen LogP contribution in [0.3, 0.4) is 0 Å². The number of aromatic nitrogens is 5. The number of hydrogen-bond acceptors (Lipinski definition) is 3. The minimum absolute atomic E-state index is 0. The predicted octanol–water partition coefficient (Wildman–Crippen LogP) is 4.33. The first-order chi connectivity index (χ1) is 11.1. The second-order valence-corrected chi connectivity index (χ2v) is 5.84. The fraction of sp³-hybridized carbons (Fsp3) is 0.167. The van der Waals surface area contributed by atoms with Crippen LogP contribution < -0.4 is 0 Å². The quantitative estimate of drug-likeness (QED) is 0.511. The first-order valence-electron chi connectivity index (χ1n) is 7.19. The normalized spacial score (nSPS) is 10.8. The predicted molar refractivity (Wildman–Crippen MR) is 97.9 cm³/mol. The van der Waals surface area contributed by atoms with Gasteiger partial charge in [-0.25, -0.2) is 9.97 Å². The molecule has 0 fully saturated rings. The summed E-state index contributed by atoms with van der Waals surface area (Å²) in [7, 11) is 3.95. The molecule has 6 heteroatoms. The average molecular weight is 340 g/mol. The minimum atomic E-state index is 0. The van der Waals surface area contributed by atoms with Crippen molar-refractivity contribution < 1.29 is 0 Å². The molecule has 3 aromatic heterocycles. The van der Waals surface area contributed by atoms with Gasteiger partial charge in [-0.05, 0) is 29.3 Å². The van der Waals surface area contributed by atoms with E-state index in [-0.39, 0.29) is 12.7 Å². The van der Waals surface area contributed by atoms with Crippen molar-refractivity contribution in [3.05, 3.63) is 54.3 Å². The Morgan fingerprint density at radius 3 is 2.58 bits per heavy atom. The molecule has 0 N–H and O–H groups in total. The number of benzene rings is 1. The molecule has 0 radical (unpaired) electrons. The maximum Gasteiger partial charge on any atom is 0.222 e. The zero-order chi connectivity index (χ0) is 16.0. The van der Waals surface area contributed by atoms with Crippen LogP contribution >= 0.6 is 11.6 Å². The number of aryl methyl sites for hydroxylation is 2. The van der Waals surface area contributed by atoms with Crippen LogP contribution in [0, 0.1) is 0 Å². The molecule has 0 bridgehead atoms. The highest BCUT2D eigenvalue weighted by atomic mass is 35.5. The van der Waals surface area contributed by atoms with Gasteiger partial charge in [-0.2, -0.15) is 5.10 Å². The van der Waals surface area contributed by atoms with Crippen molar-refractivity contribution in [2.24, 2.45) is 14.1 Å². The molecule has 0 aliphatic carbocycles. The Bertz CT molecular complexity index is 1020. The summed E-state index contributed by atoms with van der Waals surface area (Å²) in [4.78, 5) is 8.27. The van der Waals surface area contributed by atoms with Crippen molar-refractivity contribution in [3.8, 4) is 22.4 Å². The van der Waals surface area contributed by atoms with Gasteiger partial charge in [0.25, 0.3) is 0 Å². The van der Waals surface area contributed by atoms with Crippen molar-refractivity contribution in [1.82, 2.24) is 24.3 Å². The van der Waals surface area contributed by atoms with Crippen LogP contribution in [0.2, 0.25) is 5.28 Å². The summed E-state index contributed by atoms with van der Waals surface area (Å²) < 4.78 is 3.90. The van der Waals surface area contributed by atoms with Gasteiger partial charge in [-0.15, -0.1) is 0 Å². The zero-order valence-corrected chi connectivity index (χ0v) is 13.5. The molecule has 3 heterocycles. The summed E-state index contributed by atoms with van der Waals surface area (Å²) in [5.74, 6) is 0. The third-order valence-electron chi connectivity index (χ3n) is 3.93. The molecule has 0 aliphatic heterocycles. The average Bonchev–Trinajstić information content (AvgIpc) is 3.11. The fourth-order valence-electron chi connectivity index (χ4n) is 2.82. The van der Waals surface area contributed by atoms with Crippen LogP contribution in [0.4, 0.5) is 0 Å². The molecule has 5 nitrogen and oxygen atoms in total. The topological polar surface area (TPSA) is 48.5 Å². The molecule has 0 unspecified atom stereocenters. The molecule has 0 aliphatic rings. The number of nitrogens with zero attached hydrogens (tertiary/aromatic N) is 5. The highest BCUT2D eigenvalue weighted by Crippen LogP contribution is 2.32. The fourth-order valence-corrected chi connectivity index (χ4v) is 2.97. The third kappa shape index (κ3) is 2.67. The first kappa shape index (κ1) is 16.2. The third-order valence-corrected chi connectivity index (χ3v) is 4.11. The second-order valence-electron chi connectivity index (χ2n) is 5.50. The lowest BCUT2D eigenvalue weighted by atomic mass is 10.0. The van der Waals surface area contributed by atoms with Crippen molar-refractivity contribution in [2.75, 3.05) is 0 Å². The first-order valence-corrected chi connectivity index (χ1v) is 7.56. The Kier molecular flexibility index (Phi) is 4.11. The van der Waals surface area contributed by atoms with Crippen LogP contribution in [-0.4, -0.2) is 24.3 Å². The summed E-state index contributed by atoms with van der Waals surface area (Å²) in [6.45, 7) is 0. The Morgan fingerprint density at radius 2 is 1.88 bits per heavy atom. The molecule has 4 rings (SSSR count). The standard InChI is InChI=1S/C17H14ClN5.CH4/c1-22-10-14(15-5-6-19-17(18)21-15)13-4-3-11(7-16(13)22)12-8-20-23(2)9-12;/h3-10H,1-2H3;1H4. The highest BCUT2D eigenvalue weighted by Gasteiger charge is 2.12. The second kappa shape index (κ2) is 6.09. The van der Waals surface area contributed by atoms with E-state index in [0.29, 0.717) is 0 Å². The van der Waals surface area contributed by atoms with E-state index in [1.54, 1.807) is 10.9 Å². The van der Waals surface area contributed by atoms with E-state index in [2.05, 4.69) is 44.0 Å². The van der Waals surface area contributed by atoms with E-state index in [1.165, 1.54) is 0 Å². The van der Waals surface area contributed by atoms with E-state index in [4.69, 9.17) is 11.6 Å². The van der Waals surface area contributed by atoms with Crippen LogP contribution in [-0.2, 0) is 14.1 Å². The summed E-state index contributed by atoms with van der Waals surface area (Å²) in [5, 5.41) is 5.63. The van der Waals surface area contributed by atoms with E-state index in [0.717, 1.165) is 33.3 Å². The largest absolute Gasteiger partial charge is 0.350 e. The van der Waals surface area contributed by atoms with Gasteiger partial charge in [0.05, 0.1) is 11.9 Å². The van der Waals surface area contributed by atoms with Gasteiger partial charge >= 0.3 is 0 Å². The molecular formula is C18H18ClN5. The number of fused-ring (bicyclic) bond motifs is 1. The molecular weight excluding hydrogens is 322 g/mol. The van der Waals surface area contributed by atoms with Gasteiger partial charge in [0, 0.05) is 54.7 Å². The van der Waals surface area contributed by atoms with Gasteiger partial charge in [0.15, 0.2) is 0 Å². The monoisotopic (exact) mass is 339 g/mol. The SMILES string of the molecule is C.Cn1cc(-c2ccc3c(-c4ccnc(Cl)n4)cn(C)c3c2)cn1. The summed E-state index contributed by atoms with van der Waals surface area (Å²) in [6, 6.07) is 8.25. The van der Waals surface area contributed by atoms with E-state index < -0.39 is 0 Å². The van der Waals surface area contributed by atoms with E-state index in [9.17, 15) is 0 Å². The Labute approximate surface area is 145 Å². The molecule has 1 aromatic carbocycles. The minimum Gasteiger partial charge on any atom is -0.350 e. The van der Waals surface area contributed by atoms with Crippen molar-refractivity contribution >= 4 is 22.5 Å². The highest BCUT2D eigenvalue weighted by molar-refractivity contribution is 6.28. The van der Waals surface area contributed by atoms with Crippen LogP contribution in [0.15, 0.2) is 49.1 Å². The van der Waals surface area contributed by atoms with Gasteiger partial charge in [-0.3, -0.25) is 4.68 Å². The number of halogens is 1.